The van der Waals surface area contributed by atoms with Gasteiger partial charge in [0.25, 0.3) is 0 Å². The van der Waals surface area contributed by atoms with Gasteiger partial charge in [-0.15, -0.1) is 11.3 Å². The zero-order valence-corrected chi connectivity index (χ0v) is 13.2. The summed E-state index contributed by atoms with van der Waals surface area (Å²) in [5.74, 6) is 1.02. The highest BCUT2D eigenvalue weighted by Gasteiger charge is 2.08. The topological polar surface area (TPSA) is 66.7 Å². The monoisotopic (exact) mass is 325 g/mol. The number of hydrogen-bond donors (Lipinski definition) is 2. The molecule has 0 aliphatic rings. The molecule has 0 amide bonds. The van der Waals surface area contributed by atoms with Gasteiger partial charge < -0.3 is 9.84 Å². The van der Waals surface area contributed by atoms with Crippen LogP contribution in [0.15, 0.2) is 59.0 Å². The van der Waals surface area contributed by atoms with Crippen molar-refractivity contribution in [2.75, 3.05) is 12.5 Å². The van der Waals surface area contributed by atoms with Gasteiger partial charge in [0.2, 0.25) is 5.13 Å². The zero-order chi connectivity index (χ0) is 16.1. The molecule has 0 saturated heterocycles. The van der Waals surface area contributed by atoms with Crippen LogP contribution in [-0.2, 0) is 0 Å². The van der Waals surface area contributed by atoms with Crippen molar-refractivity contribution in [1.82, 2.24) is 4.98 Å². The molecule has 0 aliphatic heterocycles. The molecule has 0 spiro atoms. The number of hydrazone groups is 1. The zero-order valence-electron chi connectivity index (χ0n) is 12.4. The van der Waals surface area contributed by atoms with E-state index in [1.165, 1.54) is 11.3 Å². The maximum atomic E-state index is 9.24. The summed E-state index contributed by atoms with van der Waals surface area (Å²) in [7, 11) is 1.65. The molecule has 2 aromatic carbocycles. The van der Waals surface area contributed by atoms with E-state index in [2.05, 4.69) is 15.5 Å². The number of para-hydroxylation sites is 1. The molecule has 1 heterocycles. The van der Waals surface area contributed by atoms with Gasteiger partial charge >= 0.3 is 0 Å². The number of anilines is 1. The molecule has 0 radical (unpaired) electrons. The lowest BCUT2D eigenvalue weighted by atomic mass is 10.1. The maximum absolute atomic E-state index is 9.24. The van der Waals surface area contributed by atoms with Gasteiger partial charge in [0, 0.05) is 10.9 Å². The lowest BCUT2D eigenvalue weighted by Gasteiger charge is -2.04. The molecule has 0 aliphatic carbocycles. The number of hydrogen-bond acceptors (Lipinski definition) is 6. The quantitative estimate of drug-likeness (QED) is 0.550. The Morgan fingerprint density at radius 2 is 1.96 bits per heavy atom. The highest BCUT2D eigenvalue weighted by Crippen LogP contribution is 2.31. The first-order valence-electron chi connectivity index (χ1n) is 6.93. The summed E-state index contributed by atoms with van der Waals surface area (Å²) in [5.41, 5.74) is 5.58. The van der Waals surface area contributed by atoms with Gasteiger partial charge in [-0.05, 0) is 42.0 Å². The molecular formula is C17H15N3O2S. The second-order valence-electron chi connectivity index (χ2n) is 4.70. The number of methoxy groups -OCH3 is 1. The number of phenolic OH excluding ortho intramolecular Hbond substituents is 1. The Balaban J connectivity index is 1.71. The van der Waals surface area contributed by atoms with Gasteiger partial charge in [0.15, 0.2) is 0 Å². The average Bonchev–Trinajstić information content (AvgIpc) is 3.05. The third kappa shape index (κ3) is 3.67. The molecule has 3 rings (SSSR count). The van der Waals surface area contributed by atoms with Crippen LogP contribution < -0.4 is 10.2 Å². The molecule has 1 aromatic heterocycles. The molecule has 0 bridgehead atoms. The summed E-state index contributed by atoms with van der Waals surface area (Å²) in [6, 6.07) is 14.5. The first kappa shape index (κ1) is 15.1. The van der Waals surface area contributed by atoms with Crippen molar-refractivity contribution in [1.29, 1.82) is 0 Å². The van der Waals surface area contributed by atoms with E-state index in [-0.39, 0.29) is 5.75 Å². The fourth-order valence-corrected chi connectivity index (χ4v) is 2.69. The molecule has 0 atom stereocenters. The van der Waals surface area contributed by atoms with E-state index in [0.29, 0.717) is 5.13 Å². The highest BCUT2D eigenvalue weighted by atomic mass is 32.1. The predicted octanol–water partition coefficient (Wildman–Crippen LogP) is 3.97. The van der Waals surface area contributed by atoms with Crippen LogP contribution in [0.4, 0.5) is 5.13 Å². The van der Waals surface area contributed by atoms with Gasteiger partial charge in [0.1, 0.15) is 11.5 Å². The maximum Gasteiger partial charge on any atom is 0.203 e. The van der Waals surface area contributed by atoms with Crippen molar-refractivity contribution >= 4 is 22.7 Å². The summed E-state index contributed by atoms with van der Waals surface area (Å²) in [4.78, 5) is 4.51. The van der Waals surface area contributed by atoms with Crippen molar-refractivity contribution in [2.45, 2.75) is 0 Å². The first-order valence-corrected chi connectivity index (χ1v) is 7.81. The standard InChI is InChI=1S/C17H15N3O2S/c1-22-16-5-3-2-4-14(16)15-11-23-17(19-15)20-18-10-12-6-8-13(21)9-7-12/h2-11,21H,1H3,(H,19,20)/b18-10-. The van der Waals surface area contributed by atoms with E-state index in [4.69, 9.17) is 4.74 Å². The molecule has 0 unspecified atom stereocenters. The molecule has 6 heteroatoms. The number of benzene rings is 2. The smallest absolute Gasteiger partial charge is 0.203 e. The summed E-state index contributed by atoms with van der Waals surface area (Å²) in [6.07, 6.45) is 1.67. The number of aromatic nitrogens is 1. The summed E-state index contributed by atoms with van der Waals surface area (Å²) in [6.45, 7) is 0. The lowest BCUT2D eigenvalue weighted by molar-refractivity contribution is 0.416. The van der Waals surface area contributed by atoms with Crippen LogP contribution in [0, 0.1) is 0 Å². The van der Waals surface area contributed by atoms with E-state index in [9.17, 15) is 5.11 Å². The number of phenols is 1. The fourth-order valence-electron chi connectivity index (χ4n) is 2.03. The van der Waals surface area contributed by atoms with Crippen molar-refractivity contribution in [2.24, 2.45) is 5.10 Å². The molecule has 0 saturated carbocycles. The molecule has 5 nitrogen and oxygen atoms in total. The Bertz CT molecular complexity index is 813. The van der Waals surface area contributed by atoms with Crippen molar-refractivity contribution < 1.29 is 9.84 Å². The Labute approximate surface area is 137 Å². The number of aromatic hydroxyl groups is 1. The summed E-state index contributed by atoms with van der Waals surface area (Å²) in [5, 5.41) is 16.0. The van der Waals surface area contributed by atoms with Crippen LogP contribution in [0.5, 0.6) is 11.5 Å². The van der Waals surface area contributed by atoms with E-state index in [1.54, 1.807) is 37.6 Å². The van der Waals surface area contributed by atoms with Crippen LogP contribution in [0.3, 0.4) is 0 Å². The van der Waals surface area contributed by atoms with Gasteiger partial charge in [-0.3, -0.25) is 5.43 Å². The number of thiazole rings is 1. The third-order valence-electron chi connectivity index (χ3n) is 3.15. The number of nitrogens with one attached hydrogen (secondary N) is 1. The van der Waals surface area contributed by atoms with E-state index in [0.717, 1.165) is 22.6 Å². The van der Waals surface area contributed by atoms with Crippen molar-refractivity contribution in [3.8, 4) is 22.8 Å². The SMILES string of the molecule is COc1ccccc1-c1csc(N/N=C\c2ccc(O)cc2)n1. The molecule has 0 fully saturated rings. The van der Waals surface area contributed by atoms with Crippen molar-refractivity contribution in [3.05, 3.63) is 59.5 Å². The van der Waals surface area contributed by atoms with E-state index >= 15 is 0 Å². The highest BCUT2D eigenvalue weighted by molar-refractivity contribution is 7.14. The van der Waals surface area contributed by atoms with Gasteiger partial charge in [-0.25, -0.2) is 4.98 Å². The number of nitrogens with zero attached hydrogens (tertiary/aromatic N) is 2. The minimum Gasteiger partial charge on any atom is -0.508 e. The predicted molar refractivity (Wildman–Crippen MR) is 93.4 cm³/mol. The minimum absolute atomic E-state index is 0.233. The Morgan fingerprint density at radius 1 is 1.17 bits per heavy atom. The second kappa shape index (κ2) is 6.93. The Hall–Kier alpha value is -2.86. The van der Waals surface area contributed by atoms with E-state index in [1.807, 2.05) is 29.6 Å². The minimum atomic E-state index is 0.233. The summed E-state index contributed by atoms with van der Waals surface area (Å²) >= 11 is 1.47. The normalized spacial score (nSPS) is 10.8. The lowest BCUT2D eigenvalue weighted by Crippen LogP contribution is -1.91. The third-order valence-corrected chi connectivity index (χ3v) is 3.90. The Kier molecular flexibility index (Phi) is 4.54. The van der Waals surface area contributed by atoms with Gasteiger partial charge in [-0.1, -0.05) is 12.1 Å². The molecule has 23 heavy (non-hydrogen) atoms. The van der Waals surface area contributed by atoms with Crippen LogP contribution in [0.1, 0.15) is 5.56 Å². The van der Waals surface area contributed by atoms with Gasteiger partial charge in [-0.2, -0.15) is 5.10 Å². The number of ether oxygens (including phenoxy) is 1. The largest absolute Gasteiger partial charge is 0.508 e. The van der Waals surface area contributed by atoms with Crippen LogP contribution in [0.2, 0.25) is 0 Å². The van der Waals surface area contributed by atoms with Crippen LogP contribution >= 0.6 is 11.3 Å². The molecular weight excluding hydrogens is 310 g/mol. The van der Waals surface area contributed by atoms with Crippen LogP contribution in [0.25, 0.3) is 11.3 Å². The Morgan fingerprint density at radius 3 is 2.74 bits per heavy atom. The van der Waals surface area contributed by atoms with E-state index < -0.39 is 0 Å². The first-order chi connectivity index (χ1) is 11.3. The molecule has 3 aromatic rings. The molecule has 2 N–H and O–H groups in total. The van der Waals surface area contributed by atoms with Crippen LogP contribution in [-0.4, -0.2) is 23.4 Å². The van der Waals surface area contributed by atoms with Crippen molar-refractivity contribution in [3.63, 3.8) is 0 Å². The fraction of sp³-hybridized carbons (Fsp3) is 0.0588. The summed E-state index contributed by atoms with van der Waals surface area (Å²) < 4.78 is 5.35. The van der Waals surface area contributed by atoms with Gasteiger partial charge in [0.05, 0.1) is 19.0 Å². The molecule has 116 valence electrons. The second-order valence-corrected chi connectivity index (χ2v) is 5.56. The number of rotatable bonds is 5. The average molecular weight is 325 g/mol.